The van der Waals surface area contributed by atoms with Gasteiger partial charge in [-0.05, 0) is 44.1 Å². The molecular formula is C18H25N3O2. The average molecular weight is 315 g/mol. The fraction of sp³-hybridized carbons (Fsp3) is 0.611. The molecule has 0 aromatic carbocycles. The number of likely N-dealkylation sites (tertiary alicyclic amines) is 2. The van der Waals surface area contributed by atoms with Crippen LogP contribution < -0.4 is 0 Å². The zero-order chi connectivity index (χ0) is 16.2. The second-order valence-corrected chi connectivity index (χ2v) is 6.79. The quantitative estimate of drug-likeness (QED) is 0.843. The first-order chi connectivity index (χ1) is 11.1. The van der Waals surface area contributed by atoms with E-state index in [1.165, 1.54) is 6.42 Å². The average Bonchev–Trinajstić information content (AvgIpc) is 2.62. The Bertz CT molecular complexity index is 573. The molecule has 0 aliphatic carbocycles. The maximum absolute atomic E-state index is 12.6. The van der Waals surface area contributed by atoms with E-state index in [9.17, 15) is 9.59 Å². The van der Waals surface area contributed by atoms with E-state index in [-0.39, 0.29) is 11.8 Å². The van der Waals surface area contributed by atoms with Gasteiger partial charge in [0.1, 0.15) is 0 Å². The van der Waals surface area contributed by atoms with Gasteiger partial charge in [-0.15, -0.1) is 0 Å². The number of nitrogens with zero attached hydrogens (tertiary/aromatic N) is 3. The van der Waals surface area contributed by atoms with Crippen molar-refractivity contribution >= 4 is 11.8 Å². The van der Waals surface area contributed by atoms with Crippen LogP contribution in [-0.2, 0) is 0 Å². The summed E-state index contributed by atoms with van der Waals surface area (Å²) >= 11 is 0. The summed E-state index contributed by atoms with van der Waals surface area (Å²) in [4.78, 5) is 33.1. The normalized spacial score (nSPS) is 19.7. The molecule has 1 aromatic heterocycles. The summed E-state index contributed by atoms with van der Waals surface area (Å²) < 4.78 is 0. The molecule has 124 valence electrons. The minimum absolute atomic E-state index is 0.000818. The van der Waals surface area contributed by atoms with Crippen LogP contribution in [0.2, 0.25) is 0 Å². The molecule has 0 spiro atoms. The summed E-state index contributed by atoms with van der Waals surface area (Å²) in [5.74, 6) is 0.681. The molecule has 5 nitrogen and oxygen atoms in total. The van der Waals surface area contributed by atoms with Crippen molar-refractivity contribution in [2.75, 3.05) is 26.2 Å². The van der Waals surface area contributed by atoms with Crippen LogP contribution in [0.3, 0.4) is 0 Å². The van der Waals surface area contributed by atoms with Gasteiger partial charge in [-0.25, -0.2) is 0 Å². The Balaban J connectivity index is 1.71. The van der Waals surface area contributed by atoms with Crippen LogP contribution in [0.1, 0.15) is 59.7 Å². The van der Waals surface area contributed by atoms with Crippen molar-refractivity contribution in [3.05, 3.63) is 29.6 Å². The number of piperidine rings is 2. The highest BCUT2D eigenvalue weighted by atomic mass is 16.2. The van der Waals surface area contributed by atoms with E-state index in [1.807, 2.05) is 9.80 Å². The number of carbonyl (C=O) groups is 2. The van der Waals surface area contributed by atoms with E-state index in [0.29, 0.717) is 17.0 Å². The molecule has 0 unspecified atom stereocenters. The Morgan fingerprint density at radius 2 is 1.43 bits per heavy atom. The maximum atomic E-state index is 12.6. The molecule has 1 aromatic rings. The summed E-state index contributed by atoms with van der Waals surface area (Å²) in [6.07, 6.45) is 8.55. The summed E-state index contributed by atoms with van der Waals surface area (Å²) in [7, 11) is 0. The van der Waals surface area contributed by atoms with Gasteiger partial charge in [0, 0.05) is 38.6 Å². The lowest BCUT2D eigenvalue weighted by atomic mass is 9.98. The molecule has 3 rings (SSSR count). The molecule has 2 fully saturated rings. The zero-order valence-electron chi connectivity index (χ0n) is 13.8. The van der Waals surface area contributed by atoms with E-state index in [4.69, 9.17) is 0 Å². The first kappa shape index (κ1) is 16.0. The zero-order valence-corrected chi connectivity index (χ0v) is 13.8. The second-order valence-electron chi connectivity index (χ2n) is 6.79. The SMILES string of the molecule is CC1CCN(C(=O)c2cncc(C(=O)N3CCCCC3)c2)CC1. The van der Waals surface area contributed by atoms with Gasteiger partial charge in [0.2, 0.25) is 0 Å². The second kappa shape index (κ2) is 7.11. The van der Waals surface area contributed by atoms with Crippen LogP contribution in [0.4, 0.5) is 0 Å². The number of carbonyl (C=O) groups excluding carboxylic acids is 2. The van der Waals surface area contributed by atoms with Crippen molar-refractivity contribution in [3.63, 3.8) is 0 Å². The Kier molecular flexibility index (Phi) is 4.94. The van der Waals surface area contributed by atoms with Crippen LogP contribution in [0.15, 0.2) is 18.5 Å². The van der Waals surface area contributed by atoms with Gasteiger partial charge in [0.05, 0.1) is 11.1 Å². The molecule has 2 amide bonds. The molecule has 2 saturated heterocycles. The molecule has 23 heavy (non-hydrogen) atoms. The van der Waals surface area contributed by atoms with Crippen LogP contribution in [0, 0.1) is 5.92 Å². The third kappa shape index (κ3) is 3.71. The predicted octanol–water partition coefficient (Wildman–Crippen LogP) is 2.58. The Morgan fingerprint density at radius 3 is 2.00 bits per heavy atom. The summed E-state index contributed by atoms with van der Waals surface area (Å²) in [6, 6.07) is 1.71. The largest absolute Gasteiger partial charge is 0.339 e. The van der Waals surface area contributed by atoms with Crippen molar-refractivity contribution in [1.82, 2.24) is 14.8 Å². The molecule has 5 heteroatoms. The predicted molar refractivity (Wildman–Crippen MR) is 88.3 cm³/mol. The molecule has 0 atom stereocenters. The number of hydrogen-bond donors (Lipinski definition) is 0. The van der Waals surface area contributed by atoms with E-state index in [0.717, 1.165) is 51.9 Å². The lowest BCUT2D eigenvalue weighted by Crippen LogP contribution is -2.38. The number of pyridine rings is 1. The van der Waals surface area contributed by atoms with E-state index < -0.39 is 0 Å². The highest BCUT2D eigenvalue weighted by molar-refractivity contribution is 5.99. The van der Waals surface area contributed by atoms with Gasteiger partial charge in [-0.2, -0.15) is 0 Å². The Labute approximate surface area is 137 Å². The van der Waals surface area contributed by atoms with Crippen molar-refractivity contribution in [2.45, 2.75) is 39.0 Å². The minimum Gasteiger partial charge on any atom is -0.339 e. The van der Waals surface area contributed by atoms with Gasteiger partial charge >= 0.3 is 0 Å². The van der Waals surface area contributed by atoms with Gasteiger partial charge in [-0.1, -0.05) is 6.92 Å². The smallest absolute Gasteiger partial charge is 0.255 e. The summed E-state index contributed by atoms with van der Waals surface area (Å²) in [5.41, 5.74) is 1.06. The first-order valence-electron chi connectivity index (χ1n) is 8.69. The Hall–Kier alpha value is -1.91. The van der Waals surface area contributed by atoms with Crippen molar-refractivity contribution in [3.8, 4) is 0 Å². The van der Waals surface area contributed by atoms with Gasteiger partial charge in [0.25, 0.3) is 11.8 Å². The standard InChI is InChI=1S/C18H25N3O2/c1-14-5-9-21(10-6-14)18(23)16-11-15(12-19-13-16)17(22)20-7-3-2-4-8-20/h11-14H,2-10H2,1H3. The van der Waals surface area contributed by atoms with Crippen LogP contribution in [0.5, 0.6) is 0 Å². The molecule has 0 bridgehead atoms. The molecular weight excluding hydrogens is 290 g/mol. The highest BCUT2D eigenvalue weighted by Crippen LogP contribution is 2.19. The molecule has 2 aliphatic rings. The highest BCUT2D eigenvalue weighted by Gasteiger charge is 2.23. The number of rotatable bonds is 2. The molecule has 0 N–H and O–H groups in total. The van der Waals surface area contributed by atoms with Gasteiger partial charge < -0.3 is 9.80 Å². The third-order valence-corrected chi connectivity index (χ3v) is 4.95. The summed E-state index contributed by atoms with van der Waals surface area (Å²) in [5, 5.41) is 0. The van der Waals surface area contributed by atoms with Gasteiger partial charge in [0.15, 0.2) is 0 Å². The number of hydrogen-bond acceptors (Lipinski definition) is 3. The van der Waals surface area contributed by atoms with Crippen molar-refractivity contribution in [2.24, 2.45) is 5.92 Å². The van der Waals surface area contributed by atoms with Crippen LogP contribution in [-0.4, -0.2) is 52.8 Å². The van der Waals surface area contributed by atoms with E-state index in [1.54, 1.807) is 18.5 Å². The molecule has 2 aliphatic heterocycles. The molecule has 0 radical (unpaired) electrons. The fourth-order valence-corrected chi connectivity index (χ4v) is 3.35. The topological polar surface area (TPSA) is 53.5 Å². The summed E-state index contributed by atoms with van der Waals surface area (Å²) in [6.45, 7) is 5.43. The Morgan fingerprint density at radius 1 is 0.913 bits per heavy atom. The first-order valence-corrected chi connectivity index (χ1v) is 8.69. The van der Waals surface area contributed by atoms with Crippen molar-refractivity contribution in [1.29, 1.82) is 0 Å². The van der Waals surface area contributed by atoms with E-state index >= 15 is 0 Å². The fourth-order valence-electron chi connectivity index (χ4n) is 3.35. The number of amides is 2. The monoisotopic (exact) mass is 315 g/mol. The number of aromatic nitrogens is 1. The third-order valence-electron chi connectivity index (χ3n) is 4.95. The maximum Gasteiger partial charge on any atom is 0.255 e. The van der Waals surface area contributed by atoms with Crippen LogP contribution >= 0.6 is 0 Å². The lowest BCUT2D eigenvalue weighted by Gasteiger charge is -2.30. The molecule has 0 saturated carbocycles. The lowest BCUT2D eigenvalue weighted by molar-refractivity contribution is 0.0696. The molecule has 3 heterocycles. The van der Waals surface area contributed by atoms with Gasteiger partial charge in [-0.3, -0.25) is 14.6 Å². The van der Waals surface area contributed by atoms with Crippen molar-refractivity contribution < 1.29 is 9.59 Å². The van der Waals surface area contributed by atoms with E-state index in [2.05, 4.69) is 11.9 Å². The van der Waals surface area contributed by atoms with Crippen LogP contribution in [0.25, 0.3) is 0 Å². The minimum atomic E-state index is -0.00214.